The van der Waals surface area contributed by atoms with Gasteiger partial charge in [0, 0.05) is 5.56 Å². The predicted molar refractivity (Wildman–Crippen MR) is 70.7 cm³/mol. The molecular weight excluding hydrogens is 216 g/mol. The van der Waals surface area contributed by atoms with Crippen LogP contribution in [0.2, 0.25) is 19.6 Å². The maximum atomic E-state index is 11.4. The predicted octanol–water partition coefficient (Wildman–Crippen LogP) is 0.832. The maximum absolute atomic E-state index is 11.4. The first-order valence-electron chi connectivity index (χ1n) is 5.49. The Morgan fingerprint density at radius 2 is 1.94 bits per heavy atom. The number of hydrogen-bond acceptors (Lipinski definition) is 2. The summed E-state index contributed by atoms with van der Waals surface area (Å²) in [5.41, 5.74) is 12.7. The highest BCUT2D eigenvalue weighted by Gasteiger charge is 2.22. The molecule has 4 heteroatoms. The lowest BCUT2D eigenvalue weighted by molar-refractivity contribution is 0.100. The largest absolute Gasteiger partial charge is 0.366 e. The Morgan fingerprint density at radius 1 is 1.31 bits per heavy atom. The molecule has 1 aromatic rings. The normalized spacial score (nSPS) is 11.5. The van der Waals surface area contributed by atoms with Gasteiger partial charge >= 0.3 is 0 Å². The smallest absolute Gasteiger partial charge is 0.248 e. The number of amides is 1. The summed E-state index contributed by atoms with van der Waals surface area (Å²) in [5, 5.41) is 1.13. The fraction of sp³-hybridized carbons (Fsp3) is 0.417. The Labute approximate surface area is 97.8 Å². The molecule has 1 amide bonds. The lowest BCUT2D eigenvalue weighted by atomic mass is 10.1. The van der Waals surface area contributed by atoms with Gasteiger partial charge in [-0.3, -0.25) is 4.79 Å². The van der Waals surface area contributed by atoms with E-state index in [1.807, 2.05) is 18.2 Å². The van der Waals surface area contributed by atoms with Crippen molar-refractivity contribution in [2.45, 2.75) is 26.1 Å². The van der Waals surface area contributed by atoms with Crippen molar-refractivity contribution in [1.29, 1.82) is 0 Å². The minimum atomic E-state index is -1.52. The van der Waals surface area contributed by atoms with E-state index in [1.165, 1.54) is 0 Å². The second-order valence-electron chi connectivity index (χ2n) is 5.03. The molecule has 1 aromatic carbocycles. The summed E-state index contributed by atoms with van der Waals surface area (Å²) in [7, 11) is -1.52. The molecule has 0 spiro atoms. The summed E-state index contributed by atoms with van der Waals surface area (Å²) in [6, 6.07) is 5.98. The minimum absolute atomic E-state index is 0.337. The van der Waals surface area contributed by atoms with Crippen molar-refractivity contribution in [3.63, 3.8) is 0 Å². The highest BCUT2D eigenvalue weighted by molar-refractivity contribution is 6.89. The van der Waals surface area contributed by atoms with E-state index < -0.39 is 8.07 Å². The van der Waals surface area contributed by atoms with Gasteiger partial charge in [0.25, 0.3) is 0 Å². The van der Waals surface area contributed by atoms with Crippen molar-refractivity contribution in [2.24, 2.45) is 11.5 Å². The number of primary amides is 1. The van der Waals surface area contributed by atoms with E-state index >= 15 is 0 Å². The van der Waals surface area contributed by atoms with Crippen LogP contribution in [0.3, 0.4) is 0 Å². The third kappa shape index (κ3) is 2.93. The first kappa shape index (κ1) is 12.9. The van der Waals surface area contributed by atoms with Crippen LogP contribution in [-0.2, 0) is 6.42 Å². The Balaban J connectivity index is 3.25. The van der Waals surface area contributed by atoms with E-state index in [9.17, 15) is 4.79 Å². The topological polar surface area (TPSA) is 69.1 Å². The summed E-state index contributed by atoms with van der Waals surface area (Å²) in [6.45, 7) is 7.20. The van der Waals surface area contributed by atoms with Crippen LogP contribution in [0, 0.1) is 0 Å². The van der Waals surface area contributed by atoms with Crippen LogP contribution in [-0.4, -0.2) is 20.5 Å². The molecule has 16 heavy (non-hydrogen) atoms. The van der Waals surface area contributed by atoms with E-state index in [0.717, 1.165) is 17.2 Å². The van der Waals surface area contributed by atoms with Crippen LogP contribution in [0.4, 0.5) is 0 Å². The number of rotatable bonds is 4. The van der Waals surface area contributed by atoms with E-state index in [4.69, 9.17) is 11.5 Å². The van der Waals surface area contributed by atoms with Crippen LogP contribution in [0.5, 0.6) is 0 Å². The quantitative estimate of drug-likeness (QED) is 0.760. The van der Waals surface area contributed by atoms with Crippen molar-refractivity contribution in [2.75, 3.05) is 6.54 Å². The van der Waals surface area contributed by atoms with Gasteiger partial charge in [-0.05, 0) is 29.8 Å². The Bertz CT molecular complexity index is 396. The Morgan fingerprint density at radius 3 is 2.38 bits per heavy atom. The highest BCUT2D eigenvalue weighted by atomic mass is 28.3. The lowest BCUT2D eigenvalue weighted by Crippen LogP contribution is -2.42. The van der Waals surface area contributed by atoms with Crippen LogP contribution in [0.25, 0.3) is 0 Å². The average molecular weight is 236 g/mol. The Hall–Kier alpha value is -1.13. The number of hydrogen-bond donors (Lipinski definition) is 2. The maximum Gasteiger partial charge on any atom is 0.248 e. The van der Waals surface area contributed by atoms with Crippen LogP contribution < -0.4 is 16.7 Å². The van der Waals surface area contributed by atoms with Gasteiger partial charge in [0.1, 0.15) is 0 Å². The summed E-state index contributed by atoms with van der Waals surface area (Å²) in [4.78, 5) is 11.4. The molecule has 0 aliphatic heterocycles. The van der Waals surface area contributed by atoms with Crippen molar-refractivity contribution in [1.82, 2.24) is 0 Å². The van der Waals surface area contributed by atoms with Crippen molar-refractivity contribution < 1.29 is 4.79 Å². The van der Waals surface area contributed by atoms with Gasteiger partial charge in [-0.2, -0.15) is 0 Å². The summed E-state index contributed by atoms with van der Waals surface area (Å²) in [6.07, 6.45) is 0.784. The third-order valence-corrected chi connectivity index (χ3v) is 4.64. The van der Waals surface area contributed by atoms with Gasteiger partial charge in [0.05, 0.1) is 8.07 Å². The minimum Gasteiger partial charge on any atom is -0.366 e. The summed E-state index contributed by atoms with van der Waals surface area (Å²) >= 11 is 0. The number of carbonyl (C=O) groups is 1. The summed E-state index contributed by atoms with van der Waals surface area (Å²) < 4.78 is 0. The van der Waals surface area contributed by atoms with Crippen LogP contribution >= 0.6 is 0 Å². The molecule has 0 saturated carbocycles. The molecule has 0 saturated heterocycles. The molecule has 0 bridgehead atoms. The van der Waals surface area contributed by atoms with E-state index in [0.29, 0.717) is 12.1 Å². The standard InChI is InChI=1S/C12H20N2OSi/c1-16(2,3)11-5-4-9(6-7-13)8-10(11)12(14)15/h4-5,8H,6-7,13H2,1-3H3,(H2,14,15). The molecule has 1 rings (SSSR count). The van der Waals surface area contributed by atoms with Gasteiger partial charge in [0.2, 0.25) is 5.91 Å². The third-order valence-electron chi connectivity index (χ3n) is 2.59. The number of benzene rings is 1. The fourth-order valence-electron chi connectivity index (χ4n) is 1.77. The van der Waals surface area contributed by atoms with E-state index in [2.05, 4.69) is 19.6 Å². The zero-order valence-electron chi connectivity index (χ0n) is 10.2. The van der Waals surface area contributed by atoms with Crippen molar-refractivity contribution in [3.8, 4) is 0 Å². The first-order valence-corrected chi connectivity index (χ1v) is 8.99. The SMILES string of the molecule is C[Si](C)(C)c1ccc(CCN)cc1C(N)=O. The molecule has 3 nitrogen and oxygen atoms in total. The molecule has 0 fully saturated rings. The second kappa shape index (κ2) is 4.80. The van der Waals surface area contributed by atoms with E-state index in [-0.39, 0.29) is 5.91 Å². The molecule has 4 N–H and O–H groups in total. The Kier molecular flexibility index (Phi) is 3.88. The zero-order valence-corrected chi connectivity index (χ0v) is 11.2. The molecule has 0 aliphatic carbocycles. The van der Waals surface area contributed by atoms with Crippen LogP contribution in [0.1, 0.15) is 15.9 Å². The lowest BCUT2D eigenvalue weighted by Gasteiger charge is -2.20. The average Bonchev–Trinajstić information content (AvgIpc) is 2.16. The molecule has 0 aromatic heterocycles. The van der Waals surface area contributed by atoms with E-state index in [1.54, 1.807) is 0 Å². The van der Waals surface area contributed by atoms with Gasteiger partial charge in [-0.25, -0.2) is 0 Å². The fourth-order valence-corrected chi connectivity index (χ4v) is 3.36. The molecule has 0 atom stereocenters. The van der Waals surface area contributed by atoms with Gasteiger partial charge in [-0.1, -0.05) is 31.8 Å². The monoisotopic (exact) mass is 236 g/mol. The molecule has 0 heterocycles. The van der Waals surface area contributed by atoms with Crippen molar-refractivity contribution >= 4 is 19.2 Å². The van der Waals surface area contributed by atoms with Gasteiger partial charge in [0.15, 0.2) is 0 Å². The molecule has 0 aliphatic rings. The summed E-state index contributed by atoms with van der Waals surface area (Å²) in [5.74, 6) is -0.337. The highest BCUT2D eigenvalue weighted by Crippen LogP contribution is 2.10. The van der Waals surface area contributed by atoms with Gasteiger partial charge in [-0.15, -0.1) is 0 Å². The molecule has 88 valence electrons. The molecule has 0 radical (unpaired) electrons. The number of nitrogens with two attached hydrogens (primary N) is 2. The van der Waals surface area contributed by atoms with Crippen molar-refractivity contribution in [3.05, 3.63) is 29.3 Å². The van der Waals surface area contributed by atoms with Crippen LogP contribution in [0.15, 0.2) is 18.2 Å². The zero-order chi connectivity index (χ0) is 12.3. The first-order chi connectivity index (χ1) is 7.36. The van der Waals surface area contributed by atoms with Gasteiger partial charge < -0.3 is 11.5 Å². The molecular formula is C12H20N2OSi. The molecule has 0 unspecified atom stereocenters. The number of carbonyl (C=O) groups excluding carboxylic acids is 1. The second-order valence-corrected chi connectivity index (χ2v) is 10.1.